The summed E-state index contributed by atoms with van der Waals surface area (Å²) in [7, 11) is 0. The molecule has 0 atom stereocenters. The smallest absolute Gasteiger partial charge is 0.253 e. The first-order valence-electron chi connectivity index (χ1n) is 5.91. The van der Waals surface area contributed by atoms with Crippen molar-refractivity contribution in [3.8, 4) is 0 Å². The quantitative estimate of drug-likeness (QED) is 0.821. The van der Waals surface area contributed by atoms with Gasteiger partial charge in [-0.15, -0.1) is 11.8 Å². The second kappa shape index (κ2) is 5.91. The van der Waals surface area contributed by atoms with Gasteiger partial charge in [0.15, 0.2) is 0 Å². The van der Waals surface area contributed by atoms with Crippen LogP contribution in [0, 0.1) is 0 Å². The molecule has 1 N–H and O–H groups in total. The van der Waals surface area contributed by atoms with Gasteiger partial charge in [0.2, 0.25) is 5.91 Å². The average molecular weight is 264 g/mol. The van der Waals surface area contributed by atoms with Gasteiger partial charge in [-0.2, -0.15) is 0 Å². The molecule has 1 aliphatic rings. The molecular weight excluding hydrogens is 248 g/mol. The van der Waals surface area contributed by atoms with Crippen molar-refractivity contribution in [3.63, 3.8) is 0 Å². The Morgan fingerprint density at radius 2 is 2.00 bits per heavy atom. The fraction of sp³-hybridized carbons (Fsp3) is 0.385. The van der Waals surface area contributed by atoms with Crippen LogP contribution in [0.3, 0.4) is 0 Å². The first-order chi connectivity index (χ1) is 8.70. The second-order valence-corrected chi connectivity index (χ2v) is 5.00. The molecule has 1 saturated heterocycles. The lowest BCUT2D eigenvalue weighted by molar-refractivity contribution is -0.120. The SMILES string of the molecule is CSc1ccc(C(=O)N2CCNC(=O)CC2)cc1. The number of nitrogens with one attached hydrogen (secondary N) is 1. The van der Waals surface area contributed by atoms with Crippen LogP contribution in [0.2, 0.25) is 0 Å². The summed E-state index contributed by atoms with van der Waals surface area (Å²) in [6, 6.07) is 7.57. The molecule has 0 spiro atoms. The zero-order chi connectivity index (χ0) is 13.0. The zero-order valence-electron chi connectivity index (χ0n) is 10.3. The van der Waals surface area contributed by atoms with Crippen LogP contribution in [0.1, 0.15) is 16.8 Å². The van der Waals surface area contributed by atoms with Crippen LogP contribution in [0.15, 0.2) is 29.2 Å². The van der Waals surface area contributed by atoms with Gasteiger partial charge >= 0.3 is 0 Å². The lowest BCUT2D eigenvalue weighted by atomic mass is 10.2. The van der Waals surface area contributed by atoms with Gasteiger partial charge in [0.1, 0.15) is 0 Å². The van der Waals surface area contributed by atoms with E-state index < -0.39 is 0 Å². The molecular formula is C13H16N2O2S. The van der Waals surface area contributed by atoms with Gasteiger partial charge in [-0.05, 0) is 30.5 Å². The van der Waals surface area contributed by atoms with Crippen LogP contribution in [0.5, 0.6) is 0 Å². The standard InChI is InChI=1S/C13H16N2O2S/c1-18-11-4-2-10(3-5-11)13(17)15-8-6-12(16)14-7-9-15/h2-5H,6-9H2,1H3,(H,14,16). The van der Waals surface area contributed by atoms with E-state index in [-0.39, 0.29) is 11.8 Å². The Kier molecular flexibility index (Phi) is 4.25. The maximum Gasteiger partial charge on any atom is 0.253 e. The van der Waals surface area contributed by atoms with Crippen LogP contribution in [-0.4, -0.2) is 42.6 Å². The van der Waals surface area contributed by atoms with E-state index in [4.69, 9.17) is 0 Å². The van der Waals surface area contributed by atoms with Crippen molar-refractivity contribution in [2.24, 2.45) is 0 Å². The number of nitrogens with zero attached hydrogens (tertiary/aromatic N) is 1. The van der Waals surface area contributed by atoms with Gasteiger partial charge in [0.05, 0.1) is 0 Å². The highest BCUT2D eigenvalue weighted by molar-refractivity contribution is 7.98. The minimum Gasteiger partial charge on any atom is -0.354 e. The highest BCUT2D eigenvalue weighted by Gasteiger charge is 2.19. The number of rotatable bonds is 2. The Balaban J connectivity index is 2.07. The Bertz CT molecular complexity index is 445. The van der Waals surface area contributed by atoms with Crippen LogP contribution < -0.4 is 5.32 Å². The monoisotopic (exact) mass is 264 g/mol. The Morgan fingerprint density at radius 1 is 1.28 bits per heavy atom. The van der Waals surface area contributed by atoms with Gasteiger partial charge in [-0.1, -0.05) is 0 Å². The van der Waals surface area contributed by atoms with E-state index in [1.807, 2.05) is 30.5 Å². The van der Waals surface area contributed by atoms with Gasteiger partial charge in [-0.25, -0.2) is 0 Å². The number of carbonyl (C=O) groups excluding carboxylic acids is 2. The molecule has 0 radical (unpaired) electrons. The number of carbonyl (C=O) groups is 2. The topological polar surface area (TPSA) is 49.4 Å². The van der Waals surface area contributed by atoms with Crippen LogP contribution in [0.25, 0.3) is 0 Å². The summed E-state index contributed by atoms with van der Waals surface area (Å²) < 4.78 is 0. The average Bonchev–Trinajstić information content (AvgIpc) is 2.63. The molecule has 0 unspecified atom stereocenters. The molecule has 18 heavy (non-hydrogen) atoms. The van der Waals surface area contributed by atoms with Gasteiger partial charge in [0.25, 0.3) is 5.91 Å². The minimum atomic E-state index is -0.000784. The number of hydrogen-bond acceptors (Lipinski definition) is 3. The lowest BCUT2D eigenvalue weighted by Gasteiger charge is -2.19. The lowest BCUT2D eigenvalue weighted by Crippen LogP contribution is -2.34. The second-order valence-electron chi connectivity index (χ2n) is 4.12. The van der Waals surface area contributed by atoms with E-state index in [1.165, 1.54) is 0 Å². The van der Waals surface area contributed by atoms with Crippen molar-refractivity contribution in [2.45, 2.75) is 11.3 Å². The largest absolute Gasteiger partial charge is 0.354 e. The third-order valence-corrected chi connectivity index (χ3v) is 3.68. The molecule has 96 valence electrons. The summed E-state index contributed by atoms with van der Waals surface area (Å²) in [6.07, 6.45) is 2.39. The first-order valence-corrected chi connectivity index (χ1v) is 7.13. The van der Waals surface area contributed by atoms with E-state index in [9.17, 15) is 9.59 Å². The molecule has 2 rings (SSSR count). The van der Waals surface area contributed by atoms with Crippen molar-refractivity contribution >= 4 is 23.6 Å². The summed E-state index contributed by atoms with van der Waals surface area (Å²) in [5.74, 6) is 0.0159. The van der Waals surface area contributed by atoms with E-state index >= 15 is 0 Å². The molecule has 0 bridgehead atoms. The molecule has 0 aromatic heterocycles. The van der Waals surface area contributed by atoms with Crippen molar-refractivity contribution in [2.75, 3.05) is 25.9 Å². The maximum atomic E-state index is 12.2. The van der Waals surface area contributed by atoms with Gasteiger partial charge in [-0.3, -0.25) is 9.59 Å². The fourth-order valence-corrected chi connectivity index (χ4v) is 2.29. The number of thioether (sulfide) groups is 1. The van der Waals surface area contributed by atoms with Crippen LogP contribution in [0.4, 0.5) is 0 Å². The number of hydrogen-bond donors (Lipinski definition) is 1. The number of amides is 2. The van der Waals surface area contributed by atoms with Crippen LogP contribution >= 0.6 is 11.8 Å². The number of benzene rings is 1. The van der Waals surface area contributed by atoms with Crippen molar-refractivity contribution < 1.29 is 9.59 Å². The minimum absolute atomic E-state index is 0.000784. The normalized spacial score (nSPS) is 16.1. The molecule has 5 heteroatoms. The van der Waals surface area contributed by atoms with Gasteiger partial charge < -0.3 is 10.2 Å². The van der Waals surface area contributed by atoms with Crippen LogP contribution in [-0.2, 0) is 4.79 Å². The molecule has 4 nitrogen and oxygen atoms in total. The third-order valence-electron chi connectivity index (χ3n) is 2.94. The summed E-state index contributed by atoms with van der Waals surface area (Å²) in [5, 5.41) is 2.76. The highest BCUT2D eigenvalue weighted by Crippen LogP contribution is 2.16. The van der Waals surface area contributed by atoms with Crippen molar-refractivity contribution in [1.29, 1.82) is 0 Å². The molecule has 1 aromatic carbocycles. The Morgan fingerprint density at radius 3 is 2.67 bits per heavy atom. The molecule has 0 aliphatic carbocycles. The summed E-state index contributed by atoms with van der Waals surface area (Å²) in [6.45, 7) is 1.61. The molecule has 1 fully saturated rings. The predicted molar refractivity (Wildman–Crippen MR) is 71.8 cm³/mol. The van der Waals surface area contributed by atoms with Crippen molar-refractivity contribution in [1.82, 2.24) is 10.2 Å². The third kappa shape index (κ3) is 3.04. The van der Waals surface area contributed by atoms with E-state index in [0.29, 0.717) is 31.6 Å². The summed E-state index contributed by atoms with van der Waals surface area (Å²) in [5.41, 5.74) is 0.683. The van der Waals surface area contributed by atoms with Gasteiger partial charge in [0, 0.05) is 36.5 Å². The zero-order valence-corrected chi connectivity index (χ0v) is 11.1. The Labute approximate surface area is 111 Å². The molecule has 0 saturated carbocycles. The summed E-state index contributed by atoms with van der Waals surface area (Å²) >= 11 is 1.65. The maximum absolute atomic E-state index is 12.2. The fourth-order valence-electron chi connectivity index (χ4n) is 1.89. The first kappa shape index (κ1) is 13.0. The molecule has 1 aliphatic heterocycles. The summed E-state index contributed by atoms with van der Waals surface area (Å²) in [4.78, 5) is 26.3. The molecule has 2 amide bonds. The molecule has 1 heterocycles. The Hall–Kier alpha value is -1.49. The van der Waals surface area contributed by atoms with E-state index in [0.717, 1.165) is 4.90 Å². The predicted octanol–water partition coefficient (Wildman–Crippen LogP) is 1.37. The van der Waals surface area contributed by atoms with Crippen molar-refractivity contribution in [3.05, 3.63) is 29.8 Å². The van der Waals surface area contributed by atoms with E-state index in [2.05, 4.69) is 5.32 Å². The highest BCUT2D eigenvalue weighted by atomic mass is 32.2. The molecule has 1 aromatic rings. The van der Waals surface area contributed by atoms with E-state index in [1.54, 1.807) is 16.7 Å².